The summed E-state index contributed by atoms with van der Waals surface area (Å²) in [5.74, 6) is 1.61. The number of ether oxygens (including phenoxy) is 2. The third kappa shape index (κ3) is 6.37. The van der Waals surface area contributed by atoms with Crippen LogP contribution in [0, 0.1) is 6.92 Å². The summed E-state index contributed by atoms with van der Waals surface area (Å²) in [6, 6.07) is 11.3. The fourth-order valence-corrected chi connectivity index (χ4v) is 4.57. The van der Waals surface area contributed by atoms with Crippen LogP contribution in [0.25, 0.3) is 10.8 Å². The lowest BCUT2D eigenvalue weighted by Crippen LogP contribution is -2.22. The first kappa shape index (κ1) is 26.2. The zero-order valence-corrected chi connectivity index (χ0v) is 21.2. The van der Waals surface area contributed by atoms with E-state index < -0.39 is 0 Å². The van der Waals surface area contributed by atoms with Gasteiger partial charge in [-0.3, -0.25) is 9.59 Å². The van der Waals surface area contributed by atoms with Crippen LogP contribution in [-0.4, -0.2) is 46.7 Å². The molecule has 0 atom stereocenters. The smallest absolute Gasteiger partial charge is 0.224 e. The zero-order valence-electron chi connectivity index (χ0n) is 20.4. The Morgan fingerprint density at radius 3 is 2.60 bits per heavy atom. The number of benzene rings is 2. The van der Waals surface area contributed by atoms with E-state index in [1.807, 2.05) is 37.3 Å². The third-order valence-corrected chi connectivity index (χ3v) is 6.62. The van der Waals surface area contributed by atoms with Crippen molar-refractivity contribution in [3.8, 4) is 5.75 Å². The number of anilines is 1. The average molecular weight is 495 g/mol. The van der Waals surface area contributed by atoms with Gasteiger partial charge in [0.1, 0.15) is 17.4 Å². The van der Waals surface area contributed by atoms with E-state index in [9.17, 15) is 9.59 Å². The minimum atomic E-state index is -0.126. The number of fused-ring (bicyclic) bond motifs is 1. The molecule has 9 heteroatoms. The number of amides is 1. The van der Waals surface area contributed by atoms with Gasteiger partial charge in [-0.25, -0.2) is 9.97 Å². The second kappa shape index (κ2) is 12.3. The molecule has 184 valence electrons. The van der Waals surface area contributed by atoms with Crippen LogP contribution >= 0.6 is 11.8 Å². The zero-order chi connectivity index (χ0) is 25.4. The number of aromatic nitrogens is 2. The second-order valence-corrected chi connectivity index (χ2v) is 8.86. The number of carbonyl (C=O) groups is 2. The Morgan fingerprint density at radius 2 is 1.94 bits per heavy atom. The van der Waals surface area contributed by atoms with E-state index in [0.29, 0.717) is 48.1 Å². The van der Waals surface area contributed by atoms with Crippen molar-refractivity contribution in [3.05, 3.63) is 70.1 Å². The molecule has 0 bridgehead atoms. The lowest BCUT2D eigenvalue weighted by atomic mass is 10.0. The summed E-state index contributed by atoms with van der Waals surface area (Å²) in [7, 11) is 1.60. The van der Waals surface area contributed by atoms with E-state index >= 15 is 0 Å². The molecule has 35 heavy (non-hydrogen) atoms. The summed E-state index contributed by atoms with van der Waals surface area (Å²) < 4.78 is 11.0. The molecule has 1 heterocycles. The molecule has 0 saturated carbocycles. The van der Waals surface area contributed by atoms with Crippen molar-refractivity contribution < 1.29 is 19.1 Å². The van der Waals surface area contributed by atoms with Gasteiger partial charge in [0, 0.05) is 46.8 Å². The maximum absolute atomic E-state index is 13.5. The molecule has 0 spiro atoms. The van der Waals surface area contributed by atoms with E-state index in [0.717, 1.165) is 39.6 Å². The summed E-state index contributed by atoms with van der Waals surface area (Å²) in [6.45, 7) is 6.61. The molecular weight excluding hydrogens is 464 g/mol. The van der Waals surface area contributed by atoms with Crippen molar-refractivity contribution in [2.75, 3.05) is 26.1 Å². The molecule has 0 aliphatic heterocycles. The molecule has 0 fully saturated rings. The Kier molecular flexibility index (Phi) is 9.22. The average Bonchev–Trinajstić information content (AvgIpc) is 2.86. The van der Waals surface area contributed by atoms with Crippen molar-refractivity contribution in [3.63, 3.8) is 0 Å². The number of allylic oxidation sites excluding steroid dienone is 1. The summed E-state index contributed by atoms with van der Waals surface area (Å²) in [4.78, 5) is 36.1. The Labute approximate surface area is 209 Å². The molecule has 0 aliphatic rings. The molecule has 0 unspecified atom stereocenters. The van der Waals surface area contributed by atoms with Crippen LogP contribution in [0.2, 0.25) is 0 Å². The number of nitrogens with zero attached hydrogens (tertiary/aromatic N) is 3. The second-order valence-electron chi connectivity index (χ2n) is 7.79. The Morgan fingerprint density at radius 1 is 1.20 bits per heavy atom. The Balaban J connectivity index is 1.94. The van der Waals surface area contributed by atoms with Crippen molar-refractivity contribution >= 4 is 39.9 Å². The van der Waals surface area contributed by atoms with Crippen molar-refractivity contribution in [1.82, 2.24) is 14.9 Å². The summed E-state index contributed by atoms with van der Waals surface area (Å²) in [6.07, 6.45) is 2.80. The number of carbonyl (C=O) groups excluding carboxylic acids is 2. The van der Waals surface area contributed by atoms with Gasteiger partial charge in [0.2, 0.25) is 11.5 Å². The van der Waals surface area contributed by atoms with E-state index in [1.165, 1.54) is 4.90 Å². The van der Waals surface area contributed by atoms with Gasteiger partial charge in [-0.15, -0.1) is 0 Å². The standard InChI is InChI=1S/C26H30N4O4S/c1-5-34-23-11-10-22(20-8-6-7-9-21(20)23)26(32)35-24(12-13-33-4)17(2)30(16-31)15-19-14-28-18(3)29-25(19)27/h6-11,14,16H,5,12-13,15H2,1-4H3,(H2,27,28,29)/b24-17-. The van der Waals surface area contributed by atoms with Gasteiger partial charge in [-0.2, -0.15) is 0 Å². The predicted molar refractivity (Wildman–Crippen MR) is 139 cm³/mol. The highest BCUT2D eigenvalue weighted by Crippen LogP contribution is 2.34. The molecule has 1 amide bonds. The summed E-state index contributed by atoms with van der Waals surface area (Å²) >= 11 is 1.10. The van der Waals surface area contributed by atoms with Crippen LogP contribution in [-0.2, 0) is 16.1 Å². The third-order valence-electron chi connectivity index (χ3n) is 5.47. The van der Waals surface area contributed by atoms with Crippen molar-refractivity contribution in [2.24, 2.45) is 0 Å². The minimum Gasteiger partial charge on any atom is -0.493 e. The van der Waals surface area contributed by atoms with Crippen LogP contribution in [0.4, 0.5) is 5.82 Å². The van der Waals surface area contributed by atoms with Gasteiger partial charge in [-0.1, -0.05) is 24.3 Å². The Bertz CT molecular complexity index is 1250. The highest BCUT2D eigenvalue weighted by atomic mass is 32.2. The highest BCUT2D eigenvalue weighted by Gasteiger charge is 2.20. The normalized spacial score (nSPS) is 11.8. The van der Waals surface area contributed by atoms with E-state index in [1.54, 1.807) is 33.2 Å². The minimum absolute atomic E-state index is 0.126. The van der Waals surface area contributed by atoms with E-state index in [4.69, 9.17) is 15.2 Å². The van der Waals surface area contributed by atoms with Crippen molar-refractivity contribution in [1.29, 1.82) is 0 Å². The van der Waals surface area contributed by atoms with Crippen LogP contribution in [0.1, 0.15) is 42.0 Å². The lowest BCUT2D eigenvalue weighted by molar-refractivity contribution is -0.116. The van der Waals surface area contributed by atoms with Crippen LogP contribution in [0.5, 0.6) is 5.75 Å². The first-order valence-corrected chi connectivity index (χ1v) is 12.1. The molecule has 1 aromatic heterocycles. The number of methoxy groups -OCH3 is 1. The molecule has 2 N–H and O–H groups in total. The molecule has 2 aromatic carbocycles. The van der Waals surface area contributed by atoms with Gasteiger partial charge in [0.05, 0.1) is 19.8 Å². The van der Waals surface area contributed by atoms with E-state index in [-0.39, 0.29) is 11.7 Å². The Hall–Kier alpha value is -3.43. The quantitative estimate of drug-likeness (QED) is 0.382. The van der Waals surface area contributed by atoms with Gasteiger partial charge in [0.25, 0.3) is 0 Å². The molecule has 0 saturated heterocycles. The number of hydrogen-bond acceptors (Lipinski definition) is 8. The number of hydrogen-bond donors (Lipinski definition) is 1. The topological polar surface area (TPSA) is 108 Å². The monoisotopic (exact) mass is 494 g/mol. The molecule has 3 rings (SSSR count). The fourth-order valence-electron chi connectivity index (χ4n) is 3.61. The molecule has 8 nitrogen and oxygen atoms in total. The van der Waals surface area contributed by atoms with Crippen LogP contribution in [0.3, 0.4) is 0 Å². The number of aryl methyl sites for hydroxylation is 1. The molecule has 0 aliphatic carbocycles. The molecule has 3 aromatic rings. The largest absolute Gasteiger partial charge is 0.493 e. The SMILES string of the molecule is CCOc1ccc(C(=O)S/C(CCOC)=C(/C)N(C=O)Cc2cnc(C)nc2N)c2ccccc12. The molecule has 0 radical (unpaired) electrons. The van der Waals surface area contributed by atoms with Gasteiger partial charge in [0.15, 0.2) is 0 Å². The highest BCUT2D eigenvalue weighted by molar-refractivity contribution is 8.17. The first-order valence-electron chi connectivity index (χ1n) is 11.2. The van der Waals surface area contributed by atoms with Gasteiger partial charge in [-0.05, 0) is 50.1 Å². The number of thioether (sulfide) groups is 1. The molecular formula is C26H30N4O4S. The van der Waals surface area contributed by atoms with E-state index in [2.05, 4.69) is 9.97 Å². The van der Waals surface area contributed by atoms with Crippen molar-refractivity contribution in [2.45, 2.75) is 33.7 Å². The summed E-state index contributed by atoms with van der Waals surface area (Å²) in [5, 5.41) is 1.57. The maximum Gasteiger partial charge on any atom is 0.224 e. The maximum atomic E-state index is 13.5. The first-order chi connectivity index (χ1) is 16.9. The lowest BCUT2D eigenvalue weighted by Gasteiger charge is -2.22. The van der Waals surface area contributed by atoms with Crippen LogP contribution in [0.15, 0.2) is 53.2 Å². The van der Waals surface area contributed by atoms with Crippen LogP contribution < -0.4 is 10.5 Å². The number of nitrogens with two attached hydrogens (primary N) is 1. The van der Waals surface area contributed by atoms with Gasteiger partial charge < -0.3 is 20.1 Å². The summed E-state index contributed by atoms with van der Waals surface area (Å²) in [5.41, 5.74) is 7.87. The fraction of sp³-hybridized carbons (Fsp3) is 0.308. The number of nitrogen functional groups attached to an aromatic ring is 1. The number of rotatable bonds is 11. The van der Waals surface area contributed by atoms with Gasteiger partial charge >= 0.3 is 0 Å². The predicted octanol–water partition coefficient (Wildman–Crippen LogP) is 4.72.